The van der Waals surface area contributed by atoms with Crippen molar-refractivity contribution < 1.29 is 0 Å². The van der Waals surface area contributed by atoms with Crippen LogP contribution in [0.5, 0.6) is 0 Å². The molecule has 3 atom stereocenters. The van der Waals surface area contributed by atoms with E-state index in [1.165, 1.54) is 32.2 Å². The van der Waals surface area contributed by atoms with Gasteiger partial charge < -0.3 is 10.2 Å². The van der Waals surface area contributed by atoms with Gasteiger partial charge in [0.25, 0.3) is 0 Å². The molecule has 1 aliphatic heterocycles. The molecule has 14 heavy (non-hydrogen) atoms. The first-order valence-corrected chi connectivity index (χ1v) is 6.13. The van der Waals surface area contributed by atoms with Crippen molar-refractivity contribution in [1.29, 1.82) is 0 Å². The van der Waals surface area contributed by atoms with E-state index in [9.17, 15) is 0 Å². The standard InChI is InChI=1S/C12H24N2/c1-9-7-12(8-14(9)3)13-10(2)11-5-4-6-11/h9-13H,4-8H2,1-3H3/t9?,10-,12?/m0/s1. The van der Waals surface area contributed by atoms with Gasteiger partial charge in [-0.2, -0.15) is 0 Å². The summed E-state index contributed by atoms with van der Waals surface area (Å²) in [5, 5.41) is 3.80. The number of nitrogens with one attached hydrogen (secondary N) is 1. The van der Waals surface area contributed by atoms with Crippen LogP contribution in [-0.2, 0) is 0 Å². The van der Waals surface area contributed by atoms with Crippen molar-refractivity contribution >= 4 is 0 Å². The van der Waals surface area contributed by atoms with Crippen LogP contribution in [-0.4, -0.2) is 36.6 Å². The second-order valence-corrected chi connectivity index (χ2v) is 5.37. The van der Waals surface area contributed by atoms with Crippen LogP contribution in [0.1, 0.15) is 39.5 Å². The lowest BCUT2D eigenvalue weighted by Gasteiger charge is -2.33. The van der Waals surface area contributed by atoms with Crippen molar-refractivity contribution in [2.75, 3.05) is 13.6 Å². The van der Waals surface area contributed by atoms with Crippen LogP contribution in [0.15, 0.2) is 0 Å². The maximum Gasteiger partial charge on any atom is 0.0212 e. The predicted molar refractivity (Wildman–Crippen MR) is 60.4 cm³/mol. The fourth-order valence-electron chi connectivity index (χ4n) is 2.76. The zero-order chi connectivity index (χ0) is 10.1. The molecular weight excluding hydrogens is 172 g/mol. The summed E-state index contributed by atoms with van der Waals surface area (Å²) < 4.78 is 0. The molecule has 82 valence electrons. The van der Waals surface area contributed by atoms with Crippen molar-refractivity contribution in [3.8, 4) is 0 Å². The van der Waals surface area contributed by atoms with E-state index in [-0.39, 0.29) is 0 Å². The Morgan fingerprint density at radius 3 is 2.50 bits per heavy atom. The van der Waals surface area contributed by atoms with Crippen LogP contribution in [0.2, 0.25) is 0 Å². The normalized spacial score (nSPS) is 37.1. The Labute approximate surface area is 88.1 Å². The number of likely N-dealkylation sites (tertiary alicyclic amines) is 1. The van der Waals surface area contributed by atoms with Gasteiger partial charge in [-0.1, -0.05) is 6.42 Å². The molecule has 2 fully saturated rings. The predicted octanol–water partition coefficient (Wildman–Crippen LogP) is 1.86. The molecule has 1 heterocycles. The van der Waals surface area contributed by atoms with Crippen molar-refractivity contribution in [3.63, 3.8) is 0 Å². The van der Waals surface area contributed by atoms with Crippen molar-refractivity contribution in [1.82, 2.24) is 10.2 Å². The molecule has 1 saturated carbocycles. The molecule has 1 N–H and O–H groups in total. The zero-order valence-electron chi connectivity index (χ0n) is 9.79. The maximum atomic E-state index is 3.80. The average molecular weight is 196 g/mol. The second kappa shape index (κ2) is 4.19. The summed E-state index contributed by atoms with van der Waals surface area (Å²) in [7, 11) is 2.24. The smallest absolute Gasteiger partial charge is 0.0212 e. The van der Waals surface area contributed by atoms with E-state index in [1.54, 1.807) is 0 Å². The van der Waals surface area contributed by atoms with E-state index in [2.05, 4.69) is 31.1 Å². The molecule has 2 heteroatoms. The van der Waals surface area contributed by atoms with Gasteiger partial charge in [-0.15, -0.1) is 0 Å². The minimum Gasteiger partial charge on any atom is -0.310 e. The molecule has 0 radical (unpaired) electrons. The molecule has 2 nitrogen and oxygen atoms in total. The summed E-state index contributed by atoms with van der Waals surface area (Å²) in [6, 6.07) is 2.25. The highest BCUT2D eigenvalue weighted by atomic mass is 15.2. The third-order valence-electron chi connectivity index (χ3n) is 4.24. The first-order valence-electron chi connectivity index (χ1n) is 6.13. The number of hydrogen-bond acceptors (Lipinski definition) is 2. The first-order chi connectivity index (χ1) is 6.66. The number of nitrogens with zero attached hydrogens (tertiary/aromatic N) is 1. The van der Waals surface area contributed by atoms with Crippen LogP contribution in [0.4, 0.5) is 0 Å². The van der Waals surface area contributed by atoms with Gasteiger partial charge in [0.15, 0.2) is 0 Å². The summed E-state index contributed by atoms with van der Waals surface area (Å²) >= 11 is 0. The SMILES string of the molecule is CC1CC(N[C@@H](C)C2CCC2)CN1C. The van der Waals surface area contributed by atoms with E-state index < -0.39 is 0 Å². The third kappa shape index (κ3) is 2.12. The Kier molecular flexibility index (Phi) is 3.13. The van der Waals surface area contributed by atoms with Crippen molar-refractivity contribution in [2.45, 2.75) is 57.7 Å². The van der Waals surface area contributed by atoms with E-state index >= 15 is 0 Å². The Morgan fingerprint density at radius 2 is 2.07 bits per heavy atom. The van der Waals surface area contributed by atoms with E-state index in [4.69, 9.17) is 0 Å². The summed E-state index contributed by atoms with van der Waals surface area (Å²) in [6.07, 6.45) is 5.68. The lowest BCUT2D eigenvalue weighted by Crippen LogP contribution is -2.44. The number of likely N-dealkylation sites (N-methyl/N-ethyl adjacent to an activating group) is 1. The van der Waals surface area contributed by atoms with Crippen LogP contribution in [0.3, 0.4) is 0 Å². The summed E-state index contributed by atoms with van der Waals surface area (Å²) in [5.74, 6) is 0.969. The Balaban J connectivity index is 1.74. The van der Waals surface area contributed by atoms with Crippen molar-refractivity contribution in [3.05, 3.63) is 0 Å². The van der Waals surface area contributed by atoms with E-state index in [0.717, 1.165) is 24.0 Å². The van der Waals surface area contributed by atoms with Crippen LogP contribution in [0.25, 0.3) is 0 Å². The molecule has 1 saturated heterocycles. The number of hydrogen-bond donors (Lipinski definition) is 1. The fourth-order valence-corrected chi connectivity index (χ4v) is 2.76. The van der Waals surface area contributed by atoms with Crippen LogP contribution >= 0.6 is 0 Å². The molecule has 0 spiro atoms. The molecule has 0 amide bonds. The first kappa shape index (κ1) is 10.4. The summed E-state index contributed by atoms with van der Waals surface area (Å²) in [4.78, 5) is 2.46. The fraction of sp³-hybridized carbons (Fsp3) is 1.00. The van der Waals surface area contributed by atoms with Crippen LogP contribution in [0, 0.1) is 5.92 Å². The van der Waals surface area contributed by atoms with Gasteiger partial charge >= 0.3 is 0 Å². The molecule has 0 bridgehead atoms. The Morgan fingerprint density at radius 1 is 1.36 bits per heavy atom. The second-order valence-electron chi connectivity index (χ2n) is 5.37. The van der Waals surface area contributed by atoms with Gasteiger partial charge in [-0.3, -0.25) is 0 Å². The zero-order valence-corrected chi connectivity index (χ0v) is 9.79. The number of rotatable bonds is 3. The van der Waals surface area contributed by atoms with Crippen molar-refractivity contribution in [2.24, 2.45) is 5.92 Å². The molecule has 0 aromatic carbocycles. The van der Waals surface area contributed by atoms with Gasteiger partial charge in [0.1, 0.15) is 0 Å². The molecular formula is C12H24N2. The topological polar surface area (TPSA) is 15.3 Å². The van der Waals surface area contributed by atoms with Gasteiger partial charge in [0.2, 0.25) is 0 Å². The molecule has 2 rings (SSSR count). The Bertz CT molecular complexity index is 179. The van der Waals surface area contributed by atoms with Crippen LogP contribution < -0.4 is 5.32 Å². The quantitative estimate of drug-likeness (QED) is 0.741. The summed E-state index contributed by atoms with van der Waals surface area (Å²) in [6.45, 7) is 5.93. The highest BCUT2D eigenvalue weighted by Crippen LogP contribution is 2.30. The molecule has 2 unspecified atom stereocenters. The highest BCUT2D eigenvalue weighted by molar-refractivity contribution is 4.89. The minimum atomic E-state index is 0.741. The maximum absolute atomic E-state index is 3.80. The lowest BCUT2D eigenvalue weighted by atomic mass is 9.80. The minimum absolute atomic E-state index is 0.741. The highest BCUT2D eigenvalue weighted by Gasteiger charge is 2.30. The van der Waals surface area contributed by atoms with Gasteiger partial charge in [0, 0.05) is 24.7 Å². The molecule has 1 aliphatic carbocycles. The van der Waals surface area contributed by atoms with E-state index in [1.807, 2.05) is 0 Å². The molecule has 2 aliphatic rings. The third-order valence-corrected chi connectivity index (χ3v) is 4.24. The largest absolute Gasteiger partial charge is 0.310 e. The molecule has 0 aromatic rings. The van der Waals surface area contributed by atoms with E-state index in [0.29, 0.717) is 0 Å². The van der Waals surface area contributed by atoms with Gasteiger partial charge in [0.05, 0.1) is 0 Å². The Hall–Kier alpha value is -0.0800. The summed E-state index contributed by atoms with van der Waals surface area (Å²) in [5.41, 5.74) is 0. The van der Waals surface area contributed by atoms with Gasteiger partial charge in [-0.25, -0.2) is 0 Å². The monoisotopic (exact) mass is 196 g/mol. The average Bonchev–Trinajstić information content (AvgIpc) is 2.26. The molecule has 0 aromatic heterocycles. The van der Waals surface area contributed by atoms with Gasteiger partial charge in [-0.05, 0) is 46.1 Å². The lowest BCUT2D eigenvalue weighted by molar-refractivity contribution is 0.226.